The molecule has 0 atom stereocenters. The minimum atomic E-state index is 0.646. The fourth-order valence-electron chi connectivity index (χ4n) is 2.00. The molecule has 86 valence electrons. The lowest BCUT2D eigenvalue weighted by Gasteiger charge is -1.93. The molecule has 3 nitrogen and oxygen atoms in total. The number of nitrogens with zero attached hydrogens (tertiary/aromatic N) is 2. The van der Waals surface area contributed by atoms with E-state index >= 15 is 0 Å². The number of hydrogen-bond acceptors (Lipinski definition) is 3. The van der Waals surface area contributed by atoms with Crippen molar-refractivity contribution in [3.63, 3.8) is 0 Å². The van der Waals surface area contributed by atoms with Gasteiger partial charge >= 0.3 is 0 Å². The van der Waals surface area contributed by atoms with Crippen LogP contribution in [0.15, 0.2) is 33.8 Å². The highest BCUT2D eigenvalue weighted by Gasteiger charge is 2.20. The van der Waals surface area contributed by atoms with Crippen molar-refractivity contribution in [1.29, 1.82) is 0 Å². The molecule has 1 aromatic carbocycles. The van der Waals surface area contributed by atoms with Gasteiger partial charge in [0.15, 0.2) is 0 Å². The molecular weight excluding hydrogens is 236 g/mol. The Labute approximate surface area is 104 Å². The molecule has 0 saturated carbocycles. The maximum absolute atomic E-state index is 5.82. The number of halogens is 1. The number of hydrogen-bond donors (Lipinski definition) is 0. The van der Waals surface area contributed by atoms with Crippen molar-refractivity contribution < 1.29 is 4.52 Å². The molecule has 0 fully saturated rings. The molecule has 0 unspecified atom stereocenters. The molecule has 0 amide bonds. The Hall–Kier alpha value is -1.61. The zero-order valence-electron chi connectivity index (χ0n) is 9.19. The van der Waals surface area contributed by atoms with Gasteiger partial charge in [-0.3, -0.25) is 0 Å². The summed E-state index contributed by atoms with van der Waals surface area (Å²) >= 11 is 5.82. The molecule has 0 aliphatic heterocycles. The summed E-state index contributed by atoms with van der Waals surface area (Å²) in [5, 5.41) is 4.74. The van der Waals surface area contributed by atoms with Crippen molar-refractivity contribution in [3.05, 3.63) is 46.1 Å². The Kier molecular flexibility index (Phi) is 2.69. The van der Waals surface area contributed by atoms with E-state index in [1.807, 2.05) is 24.3 Å². The van der Waals surface area contributed by atoms with Gasteiger partial charge < -0.3 is 4.52 Å². The van der Waals surface area contributed by atoms with Crippen molar-refractivity contribution in [2.24, 2.45) is 4.99 Å². The second kappa shape index (κ2) is 4.34. The first kappa shape index (κ1) is 10.5. The van der Waals surface area contributed by atoms with E-state index in [1.165, 1.54) is 0 Å². The second-order valence-electron chi connectivity index (χ2n) is 4.08. The molecule has 3 rings (SSSR count). The summed E-state index contributed by atoms with van der Waals surface area (Å²) in [4.78, 5) is 4.34. The number of aliphatic imine (C=N–C) groups is 1. The molecule has 0 saturated heterocycles. The Morgan fingerprint density at radius 2 is 2.06 bits per heavy atom. The van der Waals surface area contributed by atoms with Gasteiger partial charge in [0.2, 0.25) is 0 Å². The third-order valence-corrected chi connectivity index (χ3v) is 3.14. The Morgan fingerprint density at radius 3 is 2.88 bits per heavy atom. The Morgan fingerprint density at radius 1 is 1.24 bits per heavy atom. The fourth-order valence-corrected chi connectivity index (χ4v) is 2.12. The number of aryl methyl sites for hydroxylation is 1. The van der Waals surface area contributed by atoms with Crippen LogP contribution in [0.5, 0.6) is 0 Å². The highest BCUT2D eigenvalue weighted by atomic mass is 35.5. The van der Waals surface area contributed by atoms with E-state index in [9.17, 15) is 0 Å². The maximum Gasteiger partial charge on any atom is 0.253 e. The first-order valence-electron chi connectivity index (χ1n) is 5.60. The number of fused-ring (bicyclic) bond motifs is 1. The molecule has 1 heterocycles. The van der Waals surface area contributed by atoms with Gasteiger partial charge in [-0.15, -0.1) is 0 Å². The standard InChI is InChI=1S/C13H11ClN2O/c14-10-6-4-9(5-7-10)8-15-13-11-2-1-3-12(11)16-17-13/h4-8H,1-3H2/b15-8-. The Balaban J connectivity index is 1.84. The van der Waals surface area contributed by atoms with Crippen LogP contribution in [0.4, 0.5) is 5.88 Å². The van der Waals surface area contributed by atoms with Crippen LogP contribution in [0.3, 0.4) is 0 Å². The van der Waals surface area contributed by atoms with Gasteiger partial charge in [0.25, 0.3) is 5.88 Å². The summed E-state index contributed by atoms with van der Waals surface area (Å²) in [5.41, 5.74) is 3.22. The molecule has 1 aliphatic rings. The summed E-state index contributed by atoms with van der Waals surface area (Å²) in [6, 6.07) is 7.52. The first-order chi connectivity index (χ1) is 8.33. The van der Waals surface area contributed by atoms with E-state index in [-0.39, 0.29) is 0 Å². The summed E-state index contributed by atoms with van der Waals surface area (Å²) in [6.45, 7) is 0. The maximum atomic E-state index is 5.82. The van der Waals surface area contributed by atoms with Gasteiger partial charge in [-0.2, -0.15) is 0 Å². The lowest BCUT2D eigenvalue weighted by Crippen LogP contribution is -1.80. The topological polar surface area (TPSA) is 38.4 Å². The van der Waals surface area contributed by atoms with E-state index in [1.54, 1.807) is 6.21 Å². The highest BCUT2D eigenvalue weighted by Crippen LogP contribution is 2.30. The largest absolute Gasteiger partial charge is 0.336 e. The van der Waals surface area contributed by atoms with E-state index < -0.39 is 0 Å². The van der Waals surface area contributed by atoms with Crippen LogP contribution >= 0.6 is 11.6 Å². The van der Waals surface area contributed by atoms with Crippen molar-refractivity contribution in [2.75, 3.05) is 0 Å². The third-order valence-electron chi connectivity index (χ3n) is 2.89. The van der Waals surface area contributed by atoms with Crippen LogP contribution < -0.4 is 0 Å². The number of aromatic nitrogens is 1. The van der Waals surface area contributed by atoms with Crippen LogP contribution in [0, 0.1) is 0 Å². The van der Waals surface area contributed by atoms with Crippen molar-refractivity contribution in [1.82, 2.24) is 5.16 Å². The van der Waals surface area contributed by atoms with Crippen LogP contribution in [-0.4, -0.2) is 11.4 Å². The molecule has 4 heteroatoms. The molecule has 1 aliphatic carbocycles. The zero-order chi connectivity index (χ0) is 11.7. The third kappa shape index (κ3) is 2.11. The number of rotatable bonds is 2. The van der Waals surface area contributed by atoms with Crippen molar-refractivity contribution in [3.8, 4) is 0 Å². The van der Waals surface area contributed by atoms with Crippen molar-refractivity contribution in [2.45, 2.75) is 19.3 Å². The van der Waals surface area contributed by atoms with E-state index in [4.69, 9.17) is 16.1 Å². The SMILES string of the molecule is Clc1ccc(/C=N\c2onc3c2CCC3)cc1. The minimum Gasteiger partial charge on any atom is -0.336 e. The van der Waals surface area contributed by atoms with Gasteiger partial charge in [0.1, 0.15) is 0 Å². The van der Waals surface area contributed by atoms with Crippen LogP contribution in [0.25, 0.3) is 0 Å². The number of benzene rings is 1. The first-order valence-corrected chi connectivity index (χ1v) is 5.98. The Bertz CT molecular complexity index is 557. The minimum absolute atomic E-state index is 0.646. The fraction of sp³-hybridized carbons (Fsp3) is 0.231. The van der Waals surface area contributed by atoms with Crippen LogP contribution in [0.1, 0.15) is 23.2 Å². The van der Waals surface area contributed by atoms with Gasteiger partial charge in [-0.05, 0) is 37.0 Å². The average molecular weight is 247 g/mol. The van der Waals surface area contributed by atoms with Gasteiger partial charge in [0, 0.05) is 16.8 Å². The predicted octanol–water partition coefficient (Wildman–Crippen LogP) is 3.57. The lowest BCUT2D eigenvalue weighted by molar-refractivity contribution is 0.419. The van der Waals surface area contributed by atoms with Crippen LogP contribution in [0.2, 0.25) is 5.02 Å². The molecular formula is C13H11ClN2O. The summed E-state index contributed by atoms with van der Waals surface area (Å²) in [7, 11) is 0. The highest BCUT2D eigenvalue weighted by molar-refractivity contribution is 6.30. The van der Waals surface area contributed by atoms with Crippen LogP contribution in [-0.2, 0) is 12.8 Å². The van der Waals surface area contributed by atoms with E-state index in [2.05, 4.69) is 10.1 Å². The molecule has 1 aromatic heterocycles. The van der Waals surface area contributed by atoms with Gasteiger partial charge in [-0.1, -0.05) is 28.9 Å². The predicted molar refractivity (Wildman–Crippen MR) is 67.2 cm³/mol. The second-order valence-corrected chi connectivity index (χ2v) is 4.51. The van der Waals surface area contributed by atoms with Gasteiger partial charge in [-0.25, -0.2) is 4.99 Å². The molecule has 0 bridgehead atoms. The van der Waals surface area contributed by atoms with Gasteiger partial charge in [0.05, 0.1) is 5.69 Å². The van der Waals surface area contributed by atoms with E-state index in [0.717, 1.165) is 41.1 Å². The monoisotopic (exact) mass is 246 g/mol. The molecule has 0 spiro atoms. The summed E-state index contributed by atoms with van der Waals surface area (Å²) in [6.07, 6.45) is 4.95. The molecule has 17 heavy (non-hydrogen) atoms. The van der Waals surface area contributed by atoms with Crippen molar-refractivity contribution >= 4 is 23.7 Å². The lowest BCUT2D eigenvalue weighted by atomic mass is 10.2. The molecule has 2 aromatic rings. The smallest absolute Gasteiger partial charge is 0.253 e. The summed E-state index contributed by atoms with van der Waals surface area (Å²) < 4.78 is 5.21. The molecule has 0 radical (unpaired) electrons. The summed E-state index contributed by atoms with van der Waals surface area (Å²) in [5.74, 6) is 0.646. The van der Waals surface area contributed by atoms with E-state index in [0.29, 0.717) is 5.88 Å². The molecule has 0 N–H and O–H groups in total. The zero-order valence-corrected chi connectivity index (χ0v) is 9.94. The normalized spacial score (nSPS) is 14.4. The quantitative estimate of drug-likeness (QED) is 0.760. The average Bonchev–Trinajstić information content (AvgIpc) is 2.91.